The standard InChI is InChI=1S/C13H19BFNO/c14-12-5-4-11(10-13(12)15)17-9-8-16-6-2-1-3-7-16/h4-5,10H,1-3,6-9,14H2. The molecule has 0 bridgehead atoms. The molecule has 1 aliphatic rings. The fourth-order valence-corrected chi connectivity index (χ4v) is 2.14. The molecule has 1 saturated heterocycles. The summed E-state index contributed by atoms with van der Waals surface area (Å²) in [6.45, 7) is 3.93. The first kappa shape index (κ1) is 12.4. The van der Waals surface area contributed by atoms with Gasteiger partial charge in [-0.3, -0.25) is 4.90 Å². The highest BCUT2D eigenvalue weighted by atomic mass is 19.1. The molecule has 2 nitrogen and oxygen atoms in total. The van der Waals surface area contributed by atoms with Gasteiger partial charge < -0.3 is 4.74 Å². The van der Waals surface area contributed by atoms with E-state index in [1.807, 2.05) is 6.07 Å². The summed E-state index contributed by atoms with van der Waals surface area (Å²) in [4.78, 5) is 2.41. The lowest BCUT2D eigenvalue weighted by atomic mass is 9.96. The van der Waals surface area contributed by atoms with Crippen LogP contribution in [0.3, 0.4) is 0 Å². The molecule has 1 heterocycles. The number of halogens is 1. The SMILES string of the molecule is Bc1ccc(OCCN2CCCCC2)cc1F. The summed E-state index contributed by atoms with van der Waals surface area (Å²) in [5.41, 5.74) is 0.661. The normalized spacial score (nSPS) is 17.0. The minimum Gasteiger partial charge on any atom is -0.492 e. The fraction of sp³-hybridized carbons (Fsp3) is 0.538. The van der Waals surface area contributed by atoms with Crippen LogP contribution in [-0.2, 0) is 0 Å². The van der Waals surface area contributed by atoms with Gasteiger partial charge in [-0.1, -0.05) is 17.9 Å². The highest BCUT2D eigenvalue weighted by molar-refractivity contribution is 6.32. The van der Waals surface area contributed by atoms with Crippen LogP contribution in [0.25, 0.3) is 0 Å². The molecule has 1 aromatic rings. The summed E-state index contributed by atoms with van der Waals surface area (Å²) in [5.74, 6) is 0.436. The van der Waals surface area contributed by atoms with Crippen LogP contribution in [-0.4, -0.2) is 39.0 Å². The lowest BCUT2D eigenvalue weighted by Crippen LogP contribution is -2.33. The Morgan fingerprint density at radius 3 is 2.71 bits per heavy atom. The molecule has 0 aromatic heterocycles. The van der Waals surface area contributed by atoms with Crippen LogP contribution in [0.15, 0.2) is 18.2 Å². The largest absolute Gasteiger partial charge is 0.492 e. The van der Waals surface area contributed by atoms with Crippen LogP contribution in [0.5, 0.6) is 5.75 Å². The molecule has 0 unspecified atom stereocenters. The first-order valence-corrected chi connectivity index (χ1v) is 6.37. The topological polar surface area (TPSA) is 12.5 Å². The molecule has 0 atom stereocenters. The second kappa shape index (κ2) is 6.06. The van der Waals surface area contributed by atoms with Crippen molar-refractivity contribution in [1.29, 1.82) is 0 Å². The zero-order chi connectivity index (χ0) is 12.1. The Hall–Kier alpha value is -1.03. The van der Waals surface area contributed by atoms with Crippen LogP contribution >= 0.6 is 0 Å². The Balaban J connectivity index is 1.75. The van der Waals surface area contributed by atoms with Crippen molar-refractivity contribution in [2.24, 2.45) is 0 Å². The van der Waals surface area contributed by atoms with Gasteiger partial charge in [-0.2, -0.15) is 0 Å². The quantitative estimate of drug-likeness (QED) is 0.720. The summed E-state index contributed by atoms with van der Waals surface area (Å²) in [6.07, 6.45) is 3.93. The average molecular weight is 235 g/mol. The lowest BCUT2D eigenvalue weighted by Gasteiger charge is -2.26. The summed E-state index contributed by atoms with van der Waals surface area (Å²) in [6, 6.07) is 5.05. The van der Waals surface area contributed by atoms with Crippen molar-refractivity contribution < 1.29 is 9.13 Å². The van der Waals surface area contributed by atoms with Crippen LogP contribution in [0.2, 0.25) is 0 Å². The summed E-state index contributed by atoms with van der Waals surface area (Å²) >= 11 is 0. The van der Waals surface area contributed by atoms with E-state index in [4.69, 9.17) is 4.74 Å². The molecule has 0 radical (unpaired) electrons. The Morgan fingerprint density at radius 2 is 2.00 bits per heavy atom. The van der Waals surface area contributed by atoms with Gasteiger partial charge in [-0.05, 0) is 32.0 Å². The number of hydrogen-bond donors (Lipinski definition) is 0. The average Bonchev–Trinajstić information content (AvgIpc) is 2.35. The first-order chi connectivity index (χ1) is 8.25. The van der Waals surface area contributed by atoms with E-state index in [0.29, 0.717) is 17.8 Å². The maximum absolute atomic E-state index is 13.3. The van der Waals surface area contributed by atoms with Crippen molar-refractivity contribution in [3.05, 3.63) is 24.0 Å². The summed E-state index contributed by atoms with van der Waals surface area (Å²) in [7, 11) is 1.76. The van der Waals surface area contributed by atoms with E-state index in [-0.39, 0.29) is 5.82 Å². The van der Waals surface area contributed by atoms with Crippen LogP contribution in [0, 0.1) is 5.82 Å². The zero-order valence-electron chi connectivity index (χ0n) is 10.4. The number of hydrogen-bond acceptors (Lipinski definition) is 2. The minimum absolute atomic E-state index is 0.194. The molecule has 0 amide bonds. The molecule has 17 heavy (non-hydrogen) atoms. The summed E-state index contributed by atoms with van der Waals surface area (Å²) in [5, 5.41) is 0. The van der Waals surface area contributed by atoms with Gasteiger partial charge in [0.05, 0.1) is 0 Å². The van der Waals surface area contributed by atoms with Gasteiger partial charge in [0.1, 0.15) is 26.0 Å². The molecule has 2 rings (SSSR count). The third-order valence-electron chi connectivity index (χ3n) is 3.27. The lowest BCUT2D eigenvalue weighted by molar-refractivity contribution is 0.183. The van der Waals surface area contributed by atoms with Gasteiger partial charge in [0, 0.05) is 12.6 Å². The number of likely N-dealkylation sites (tertiary alicyclic amines) is 1. The van der Waals surface area contributed by atoms with Crippen LogP contribution < -0.4 is 10.2 Å². The third kappa shape index (κ3) is 3.74. The van der Waals surface area contributed by atoms with Gasteiger partial charge in [0.15, 0.2) is 0 Å². The molecule has 0 saturated carbocycles. The third-order valence-corrected chi connectivity index (χ3v) is 3.27. The van der Waals surface area contributed by atoms with Gasteiger partial charge in [-0.15, -0.1) is 0 Å². The molecule has 0 spiro atoms. The molecule has 0 N–H and O–H groups in total. The molecular formula is C13H19BFNO. The highest BCUT2D eigenvalue weighted by Gasteiger charge is 2.09. The Labute approximate surface area is 103 Å². The Bertz CT molecular complexity index is 366. The van der Waals surface area contributed by atoms with E-state index in [9.17, 15) is 4.39 Å². The predicted molar refractivity (Wildman–Crippen MR) is 70.4 cm³/mol. The molecule has 1 aliphatic heterocycles. The van der Waals surface area contributed by atoms with Gasteiger partial charge in [-0.25, -0.2) is 4.39 Å². The van der Waals surface area contributed by atoms with Crippen molar-refractivity contribution in [1.82, 2.24) is 4.90 Å². The number of ether oxygens (including phenoxy) is 1. The van der Waals surface area contributed by atoms with E-state index >= 15 is 0 Å². The Morgan fingerprint density at radius 1 is 1.24 bits per heavy atom. The number of nitrogens with zero attached hydrogens (tertiary/aromatic N) is 1. The number of rotatable bonds is 4. The van der Waals surface area contributed by atoms with E-state index < -0.39 is 0 Å². The second-order valence-electron chi connectivity index (χ2n) is 4.66. The van der Waals surface area contributed by atoms with Crippen molar-refractivity contribution in [3.63, 3.8) is 0 Å². The fourth-order valence-electron chi connectivity index (χ4n) is 2.14. The predicted octanol–water partition coefficient (Wildman–Crippen LogP) is 0.949. The van der Waals surface area contributed by atoms with E-state index in [1.165, 1.54) is 38.4 Å². The Kier molecular flexibility index (Phi) is 4.43. The van der Waals surface area contributed by atoms with Crippen LogP contribution in [0.1, 0.15) is 19.3 Å². The minimum atomic E-state index is -0.194. The number of piperidine rings is 1. The van der Waals surface area contributed by atoms with Crippen molar-refractivity contribution >= 4 is 13.3 Å². The monoisotopic (exact) mass is 235 g/mol. The molecule has 0 aliphatic carbocycles. The van der Waals surface area contributed by atoms with Crippen molar-refractivity contribution in [3.8, 4) is 5.75 Å². The van der Waals surface area contributed by atoms with E-state index in [2.05, 4.69) is 4.90 Å². The molecular weight excluding hydrogens is 216 g/mol. The molecule has 1 aromatic carbocycles. The first-order valence-electron chi connectivity index (χ1n) is 6.37. The van der Waals surface area contributed by atoms with Crippen molar-refractivity contribution in [2.75, 3.05) is 26.2 Å². The summed E-state index contributed by atoms with van der Waals surface area (Å²) < 4.78 is 18.8. The van der Waals surface area contributed by atoms with Gasteiger partial charge in [0.2, 0.25) is 0 Å². The van der Waals surface area contributed by atoms with Crippen molar-refractivity contribution in [2.45, 2.75) is 19.3 Å². The maximum Gasteiger partial charge on any atom is 0.143 e. The smallest absolute Gasteiger partial charge is 0.143 e. The molecule has 4 heteroatoms. The van der Waals surface area contributed by atoms with Gasteiger partial charge in [0.25, 0.3) is 0 Å². The van der Waals surface area contributed by atoms with E-state index in [0.717, 1.165) is 6.54 Å². The number of benzene rings is 1. The zero-order valence-corrected chi connectivity index (χ0v) is 10.4. The highest BCUT2D eigenvalue weighted by Crippen LogP contribution is 2.11. The van der Waals surface area contributed by atoms with E-state index in [1.54, 1.807) is 13.9 Å². The maximum atomic E-state index is 13.3. The molecule has 92 valence electrons. The van der Waals surface area contributed by atoms with Gasteiger partial charge >= 0.3 is 0 Å². The molecule has 1 fully saturated rings. The second-order valence-corrected chi connectivity index (χ2v) is 4.66. The van der Waals surface area contributed by atoms with Crippen LogP contribution in [0.4, 0.5) is 4.39 Å².